The third-order valence-corrected chi connectivity index (χ3v) is 13.8. The summed E-state index contributed by atoms with van der Waals surface area (Å²) in [5.41, 5.74) is 18.1. The number of benzene rings is 11. The Labute approximate surface area is 410 Å². The van der Waals surface area contributed by atoms with Gasteiger partial charge in [-0.15, -0.1) is 0 Å². The molecule has 0 aliphatic rings. The molecule has 0 bridgehead atoms. The van der Waals surface area contributed by atoms with Crippen LogP contribution in [0.5, 0.6) is 0 Å². The second-order valence-corrected chi connectivity index (χ2v) is 18.1. The summed E-state index contributed by atoms with van der Waals surface area (Å²) in [6.07, 6.45) is 0. The van der Waals surface area contributed by atoms with Gasteiger partial charge in [0.15, 0.2) is 0 Å². The van der Waals surface area contributed by atoms with Gasteiger partial charge in [0.1, 0.15) is 11.6 Å². The molecule has 0 aliphatic heterocycles. The van der Waals surface area contributed by atoms with Crippen molar-refractivity contribution in [1.82, 2.24) is 9.13 Å². The van der Waals surface area contributed by atoms with Crippen LogP contribution in [0.1, 0.15) is 0 Å². The number of para-hydroxylation sites is 3. The van der Waals surface area contributed by atoms with Gasteiger partial charge in [-0.2, -0.15) is 0 Å². The molecule has 0 saturated carbocycles. The lowest BCUT2D eigenvalue weighted by Gasteiger charge is -2.26. The minimum Gasteiger partial charge on any atom is -0.311 e. The Hall–Kier alpha value is -9.32. The molecular weight excluding hydrogens is 873 g/mol. The second kappa shape index (κ2) is 17.3. The summed E-state index contributed by atoms with van der Waals surface area (Å²) in [4.78, 5) is 2.30. The molecule has 11 aromatic carbocycles. The fraction of sp³-hybridized carbons (Fsp3) is 0. The molecule has 0 radical (unpaired) electrons. The molecule has 13 aromatic rings. The zero-order valence-corrected chi connectivity index (χ0v) is 38.4. The summed E-state index contributed by atoms with van der Waals surface area (Å²) in [5.74, 6) is -0.524. The molecule has 336 valence electrons. The molecule has 0 N–H and O–H groups in total. The Bertz CT molecular complexity index is 3900. The summed E-state index contributed by atoms with van der Waals surface area (Å²) in [5, 5.41) is 4.49. The van der Waals surface area contributed by atoms with E-state index in [2.05, 4.69) is 220 Å². The number of anilines is 3. The molecule has 0 saturated heterocycles. The maximum Gasteiger partial charge on any atom is 0.123 e. The number of halogens is 2. The fourth-order valence-electron chi connectivity index (χ4n) is 10.4. The van der Waals surface area contributed by atoms with E-state index in [-0.39, 0.29) is 11.6 Å². The van der Waals surface area contributed by atoms with E-state index < -0.39 is 0 Å². The number of hydrogen-bond acceptors (Lipinski definition) is 1. The van der Waals surface area contributed by atoms with Crippen molar-refractivity contribution >= 4 is 60.7 Å². The van der Waals surface area contributed by atoms with Crippen molar-refractivity contribution in [2.75, 3.05) is 4.90 Å². The second-order valence-electron chi connectivity index (χ2n) is 18.1. The topological polar surface area (TPSA) is 13.1 Å². The van der Waals surface area contributed by atoms with E-state index in [4.69, 9.17) is 0 Å². The van der Waals surface area contributed by atoms with Gasteiger partial charge in [-0.05, 0) is 184 Å². The minimum absolute atomic E-state index is 0.262. The highest BCUT2D eigenvalue weighted by molar-refractivity contribution is 6.12. The van der Waals surface area contributed by atoms with E-state index in [9.17, 15) is 8.78 Å². The smallest absolute Gasteiger partial charge is 0.123 e. The van der Waals surface area contributed by atoms with Gasteiger partial charge in [0.2, 0.25) is 0 Å². The SMILES string of the molecule is Fc1ccc(-n2c3ccccc3c3cc(-c4cc(-c5ccc(N(c6ccccc6)c6ccc(-c7ccccc7)cc6)cc5)cc(-c5ccc6c(c5)c5ccccc5n6-c5ccc(F)cc5)c4)ccc32)cc1. The molecular formula is C66H43F2N3. The van der Waals surface area contributed by atoms with Crippen LogP contribution in [0, 0.1) is 11.6 Å². The Kier molecular flexibility index (Phi) is 10.2. The maximum absolute atomic E-state index is 14.2. The van der Waals surface area contributed by atoms with Crippen molar-refractivity contribution in [1.29, 1.82) is 0 Å². The number of aromatic nitrogens is 2. The number of nitrogens with zero attached hydrogens (tertiary/aromatic N) is 3. The summed E-state index contributed by atoms with van der Waals surface area (Å²) in [7, 11) is 0. The fourth-order valence-corrected chi connectivity index (χ4v) is 10.4. The van der Waals surface area contributed by atoms with E-state index in [0.717, 1.165) is 105 Å². The number of fused-ring (bicyclic) bond motifs is 6. The van der Waals surface area contributed by atoms with E-state index >= 15 is 0 Å². The van der Waals surface area contributed by atoms with E-state index in [1.54, 1.807) is 0 Å². The average Bonchev–Trinajstić information content (AvgIpc) is 3.94. The molecule has 0 atom stereocenters. The van der Waals surface area contributed by atoms with E-state index in [1.165, 1.54) is 35.4 Å². The number of rotatable bonds is 9. The first-order valence-electron chi connectivity index (χ1n) is 23.9. The van der Waals surface area contributed by atoms with Crippen molar-refractivity contribution in [3.05, 3.63) is 272 Å². The van der Waals surface area contributed by atoms with Gasteiger partial charge in [0.25, 0.3) is 0 Å². The Morgan fingerprint density at radius 1 is 0.239 bits per heavy atom. The third-order valence-electron chi connectivity index (χ3n) is 13.8. The van der Waals surface area contributed by atoms with Crippen LogP contribution in [0.25, 0.3) is 99.5 Å². The van der Waals surface area contributed by atoms with Crippen LogP contribution >= 0.6 is 0 Å². The van der Waals surface area contributed by atoms with Crippen LogP contribution < -0.4 is 4.90 Å². The van der Waals surface area contributed by atoms with Gasteiger partial charge in [0, 0.05) is 50.0 Å². The van der Waals surface area contributed by atoms with Gasteiger partial charge < -0.3 is 14.0 Å². The Morgan fingerprint density at radius 3 is 1.04 bits per heavy atom. The van der Waals surface area contributed by atoms with Crippen LogP contribution in [0.3, 0.4) is 0 Å². The predicted octanol–water partition coefficient (Wildman–Crippen LogP) is 18.3. The van der Waals surface area contributed by atoms with Gasteiger partial charge >= 0.3 is 0 Å². The van der Waals surface area contributed by atoms with E-state index in [0.29, 0.717) is 0 Å². The molecule has 2 aromatic heterocycles. The highest BCUT2D eigenvalue weighted by Gasteiger charge is 2.18. The highest BCUT2D eigenvalue weighted by Crippen LogP contribution is 2.42. The lowest BCUT2D eigenvalue weighted by atomic mass is 9.92. The van der Waals surface area contributed by atoms with Crippen molar-refractivity contribution in [2.45, 2.75) is 0 Å². The van der Waals surface area contributed by atoms with Crippen LogP contribution in [0.4, 0.5) is 25.8 Å². The molecule has 0 unspecified atom stereocenters. The Balaban J connectivity index is 0.960. The zero-order chi connectivity index (χ0) is 47.4. The maximum atomic E-state index is 14.2. The van der Waals surface area contributed by atoms with Gasteiger partial charge in [0.05, 0.1) is 22.1 Å². The number of hydrogen-bond donors (Lipinski definition) is 0. The predicted molar refractivity (Wildman–Crippen MR) is 291 cm³/mol. The largest absolute Gasteiger partial charge is 0.311 e. The van der Waals surface area contributed by atoms with Crippen LogP contribution in [-0.4, -0.2) is 9.13 Å². The lowest BCUT2D eigenvalue weighted by molar-refractivity contribution is 0.627. The molecule has 0 fully saturated rings. The molecule has 2 heterocycles. The van der Waals surface area contributed by atoms with Crippen LogP contribution in [0.15, 0.2) is 261 Å². The summed E-state index contributed by atoms with van der Waals surface area (Å²) in [6.45, 7) is 0. The van der Waals surface area contributed by atoms with E-state index in [1.807, 2.05) is 30.3 Å². The quantitative estimate of drug-likeness (QED) is 0.141. The zero-order valence-electron chi connectivity index (χ0n) is 38.4. The molecule has 0 amide bonds. The molecule has 5 heteroatoms. The molecule has 71 heavy (non-hydrogen) atoms. The minimum atomic E-state index is -0.262. The summed E-state index contributed by atoms with van der Waals surface area (Å²) >= 11 is 0. The highest BCUT2D eigenvalue weighted by atomic mass is 19.1. The van der Waals surface area contributed by atoms with Gasteiger partial charge in [-0.3, -0.25) is 0 Å². The Morgan fingerprint density at radius 2 is 0.577 bits per heavy atom. The molecule has 13 rings (SSSR count). The standard InChI is InChI=1S/C66H43F2N3/c67-52-25-33-57(34-26-52)70-63-17-9-7-15-59(63)61-42-47(23-37-65(61)70)50-39-49(40-51(41-50)48-24-38-66-62(43-48)60-16-8-10-18-64(60)71(66)58-35-27-53(68)28-36-58)46-21-31-56(32-22-46)69(54-13-5-2-6-14-54)55-29-19-45(20-30-55)44-11-3-1-4-12-44/h1-43H. The monoisotopic (exact) mass is 915 g/mol. The molecule has 0 aliphatic carbocycles. The average molecular weight is 916 g/mol. The van der Waals surface area contributed by atoms with Gasteiger partial charge in [-0.1, -0.05) is 121 Å². The molecule has 3 nitrogen and oxygen atoms in total. The van der Waals surface area contributed by atoms with Crippen molar-refractivity contribution < 1.29 is 8.78 Å². The molecule has 0 spiro atoms. The van der Waals surface area contributed by atoms with Crippen molar-refractivity contribution in [2.24, 2.45) is 0 Å². The third kappa shape index (κ3) is 7.52. The normalized spacial score (nSPS) is 11.5. The summed E-state index contributed by atoms with van der Waals surface area (Å²) < 4.78 is 32.8. The van der Waals surface area contributed by atoms with Crippen LogP contribution in [0.2, 0.25) is 0 Å². The van der Waals surface area contributed by atoms with Gasteiger partial charge in [-0.25, -0.2) is 8.78 Å². The summed E-state index contributed by atoms with van der Waals surface area (Å²) in [6, 6.07) is 89.2. The van der Waals surface area contributed by atoms with Crippen LogP contribution in [-0.2, 0) is 0 Å². The first kappa shape index (κ1) is 41.8. The van der Waals surface area contributed by atoms with Crippen molar-refractivity contribution in [3.8, 4) is 55.9 Å². The first-order chi connectivity index (χ1) is 35.0. The first-order valence-corrected chi connectivity index (χ1v) is 23.9. The van der Waals surface area contributed by atoms with Crippen molar-refractivity contribution in [3.63, 3.8) is 0 Å². The lowest BCUT2D eigenvalue weighted by Crippen LogP contribution is -2.09.